The van der Waals surface area contributed by atoms with Crippen LogP contribution in [0.3, 0.4) is 0 Å². The summed E-state index contributed by atoms with van der Waals surface area (Å²) in [4.78, 5) is 0. The molecule has 0 amide bonds. The van der Waals surface area contributed by atoms with E-state index >= 15 is 0 Å². The molecule has 0 bridgehead atoms. The number of hydrogen-bond donors (Lipinski definition) is 0. The van der Waals surface area contributed by atoms with E-state index in [1.807, 2.05) is 0 Å². The molecule has 0 aromatic carbocycles. The summed E-state index contributed by atoms with van der Waals surface area (Å²) in [6, 6.07) is 0. The SMILES string of the molecule is C=C/C(=C\CC(C)C)OC1C=CC(C)=CC1. The maximum absolute atomic E-state index is 5.85. The Morgan fingerprint density at radius 2 is 2.38 bits per heavy atom. The summed E-state index contributed by atoms with van der Waals surface area (Å²) in [5.41, 5.74) is 1.31. The first kappa shape index (κ1) is 12.8. The number of allylic oxidation sites excluding steroid dienone is 4. The lowest BCUT2D eigenvalue weighted by molar-refractivity contribution is 0.165. The second-order valence-electron chi connectivity index (χ2n) is 4.64. The molecular weight excluding hydrogens is 196 g/mol. The summed E-state index contributed by atoms with van der Waals surface area (Å²) in [7, 11) is 0. The molecule has 0 N–H and O–H groups in total. The molecular formula is C15H22O. The van der Waals surface area contributed by atoms with Crippen molar-refractivity contribution < 1.29 is 4.74 Å². The molecule has 1 rings (SSSR count). The van der Waals surface area contributed by atoms with Gasteiger partial charge in [0, 0.05) is 6.42 Å². The predicted molar refractivity (Wildman–Crippen MR) is 70.1 cm³/mol. The zero-order valence-electron chi connectivity index (χ0n) is 10.6. The van der Waals surface area contributed by atoms with Crippen LogP contribution >= 0.6 is 0 Å². The van der Waals surface area contributed by atoms with Gasteiger partial charge in [0.15, 0.2) is 0 Å². The highest BCUT2D eigenvalue weighted by Gasteiger charge is 2.08. The minimum Gasteiger partial charge on any atom is -0.486 e. The summed E-state index contributed by atoms with van der Waals surface area (Å²) in [6.45, 7) is 10.3. The molecule has 0 aliphatic heterocycles. The van der Waals surface area contributed by atoms with Crippen molar-refractivity contribution >= 4 is 0 Å². The lowest BCUT2D eigenvalue weighted by atomic mass is 10.1. The third-order valence-corrected chi connectivity index (χ3v) is 2.52. The van der Waals surface area contributed by atoms with Gasteiger partial charge in [-0.2, -0.15) is 0 Å². The largest absolute Gasteiger partial charge is 0.486 e. The molecule has 0 aromatic heterocycles. The van der Waals surface area contributed by atoms with Gasteiger partial charge in [-0.1, -0.05) is 38.2 Å². The van der Waals surface area contributed by atoms with E-state index in [2.05, 4.69) is 51.7 Å². The van der Waals surface area contributed by atoms with E-state index in [9.17, 15) is 0 Å². The van der Waals surface area contributed by atoms with Gasteiger partial charge in [-0.3, -0.25) is 0 Å². The molecule has 1 atom stereocenters. The second kappa shape index (κ2) is 6.37. The van der Waals surface area contributed by atoms with Gasteiger partial charge in [0.25, 0.3) is 0 Å². The van der Waals surface area contributed by atoms with E-state index in [-0.39, 0.29) is 6.10 Å². The Morgan fingerprint density at radius 1 is 1.62 bits per heavy atom. The van der Waals surface area contributed by atoms with E-state index in [0.29, 0.717) is 5.92 Å². The van der Waals surface area contributed by atoms with Crippen LogP contribution in [0.15, 0.2) is 48.3 Å². The van der Waals surface area contributed by atoms with Gasteiger partial charge in [0.2, 0.25) is 0 Å². The Bertz CT molecular complexity index is 318. The molecule has 0 spiro atoms. The van der Waals surface area contributed by atoms with Crippen LogP contribution in [0.5, 0.6) is 0 Å². The van der Waals surface area contributed by atoms with Crippen molar-refractivity contribution in [2.45, 2.75) is 39.7 Å². The molecule has 0 aromatic rings. The van der Waals surface area contributed by atoms with Crippen LogP contribution in [0.2, 0.25) is 0 Å². The van der Waals surface area contributed by atoms with E-state index in [1.165, 1.54) is 5.57 Å². The summed E-state index contributed by atoms with van der Waals surface area (Å²) >= 11 is 0. The first-order valence-corrected chi connectivity index (χ1v) is 5.96. The first-order valence-electron chi connectivity index (χ1n) is 5.96. The normalized spacial score (nSPS) is 20.9. The van der Waals surface area contributed by atoms with Crippen LogP contribution < -0.4 is 0 Å². The number of hydrogen-bond acceptors (Lipinski definition) is 1. The molecule has 0 radical (unpaired) electrons. The van der Waals surface area contributed by atoms with Crippen molar-refractivity contribution in [2.75, 3.05) is 0 Å². The Kier molecular flexibility index (Phi) is 5.10. The molecule has 1 unspecified atom stereocenters. The first-order chi connectivity index (χ1) is 7.61. The Hall–Kier alpha value is -1.24. The van der Waals surface area contributed by atoms with Crippen molar-refractivity contribution in [3.63, 3.8) is 0 Å². The quantitative estimate of drug-likeness (QED) is 0.491. The summed E-state index contributed by atoms with van der Waals surface area (Å²) in [5, 5.41) is 0. The van der Waals surface area contributed by atoms with Crippen molar-refractivity contribution in [3.05, 3.63) is 48.3 Å². The van der Waals surface area contributed by atoms with Crippen LogP contribution in [0, 0.1) is 5.92 Å². The molecule has 1 aliphatic carbocycles. The highest BCUT2D eigenvalue weighted by molar-refractivity contribution is 5.23. The minimum atomic E-state index is 0.167. The molecule has 1 heteroatoms. The standard InChI is InChI=1S/C15H22O/c1-5-14(9-6-12(2)3)16-15-10-7-13(4)8-11-15/h5,7-10,12,15H,1,6,11H2,2-4H3/b14-9+. The topological polar surface area (TPSA) is 9.23 Å². The molecule has 88 valence electrons. The summed E-state index contributed by atoms with van der Waals surface area (Å²) < 4.78 is 5.85. The van der Waals surface area contributed by atoms with Crippen LogP contribution in [-0.4, -0.2) is 6.10 Å². The van der Waals surface area contributed by atoms with Gasteiger partial charge in [-0.05, 0) is 37.5 Å². The van der Waals surface area contributed by atoms with Crippen LogP contribution in [0.4, 0.5) is 0 Å². The van der Waals surface area contributed by atoms with Crippen molar-refractivity contribution in [3.8, 4) is 0 Å². The molecule has 0 heterocycles. The van der Waals surface area contributed by atoms with Gasteiger partial charge in [0.1, 0.15) is 11.9 Å². The summed E-state index contributed by atoms with van der Waals surface area (Å²) in [6.07, 6.45) is 12.5. The van der Waals surface area contributed by atoms with E-state index in [0.717, 1.165) is 18.6 Å². The Morgan fingerprint density at radius 3 is 2.88 bits per heavy atom. The van der Waals surface area contributed by atoms with Crippen LogP contribution in [0.25, 0.3) is 0 Å². The van der Waals surface area contributed by atoms with Crippen LogP contribution in [0.1, 0.15) is 33.6 Å². The maximum Gasteiger partial charge on any atom is 0.121 e. The van der Waals surface area contributed by atoms with Crippen molar-refractivity contribution in [1.29, 1.82) is 0 Å². The highest BCUT2D eigenvalue weighted by Crippen LogP contribution is 2.17. The average Bonchev–Trinajstić information content (AvgIpc) is 2.26. The number of rotatable bonds is 5. The van der Waals surface area contributed by atoms with Crippen molar-refractivity contribution in [2.24, 2.45) is 5.92 Å². The lowest BCUT2D eigenvalue weighted by Gasteiger charge is -2.18. The molecule has 1 aliphatic rings. The second-order valence-corrected chi connectivity index (χ2v) is 4.64. The molecule has 0 saturated carbocycles. The Balaban J connectivity index is 2.49. The van der Waals surface area contributed by atoms with Crippen LogP contribution in [-0.2, 0) is 4.74 Å². The third-order valence-electron chi connectivity index (χ3n) is 2.52. The monoisotopic (exact) mass is 218 g/mol. The fraction of sp³-hybridized carbons (Fsp3) is 0.467. The van der Waals surface area contributed by atoms with E-state index in [1.54, 1.807) is 6.08 Å². The van der Waals surface area contributed by atoms with E-state index in [4.69, 9.17) is 4.74 Å². The number of ether oxygens (including phenoxy) is 1. The average molecular weight is 218 g/mol. The zero-order valence-corrected chi connectivity index (χ0v) is 10.6. The van der Waals surface area contributed by atoms with Gasteiger partial charge < -0.3 is 4.74 Å². The van der Waals surface area contributed by atoms with Gasteiger partial charge >= 0.3 is 0 Å². The molecule has 1 nitrogen and oxygen atoms in total. The zero-order chi connectivity index (χ0) is 12.0. The van der Waals surface area contributed by atoms with Gasteiger partial charge in [0.05, 0.1) is 0 Å². The van der Waals surface area contributed by atoms with Gasteiger partial charge in [-0.15, -0.1) is 0 Å². The fourth-order valence-corrected chi connectivity index (χ4v) is 1.50. The minimum absolute atomic E-state index is 0.167. The smallest absolute Gasteiger partial charge is 0.121 e. The summed E-state index contributed by atoms with van der Waals surface area (Å²) in [5.74, 6) is 1.55. The fourth-order valence-electron chi connectivity index (χ4n) is 1.50. The lowest BCUT2D eigenvalue weighted by Crippen LogP contribution is -2.10. The third kappa shape index (κ3) is 4.52. The molecule has 0 saturated heterocycles. The molecule has 16 heavy (non-hydrogen) atoms. The van der Waals surface area contributed by atoms with Crippen molar-refractivity contribution in [1.82, 2.24) is 0 Å². The highest BCUT2D eigenvalue weighted by atomic mass is 16.5. The maximum atomic E-state index is 5.85. The van der Waals surface area contributed by atoms with E-state index < -0.39 is 0 Å². The predicted octanol–water partition coefficient (Wildman–Crippen LogP) is 4.39. The molecule has 0 fully saturated rings. The van der Waals surface area contributed by atoms with Gasteiger partial charge in [-0.25, -0.2) is 0 Å². The Labute approximate surface area is 99.2 Å².